The number of unbranched alkanes of at least 4 members (excludes halogenated alkanes) is 2. The first-order valence-corrected chi connectivity index (χ1v) is 7.69. The molecule has 1 aromatic rings. The van der Waals surface area contributed by atoms with Gasteiger partial charge in [0.05, 0.1) is 6.20 Å². The van der Waals surface area contributed by atoms with E-state index >= 15 is 0 Å². The van der Waals surface area contributed by atoms with Crippen molar-refractivity contribution in [1.82, 2.24) is 15.0 Å². The lowest BCUT2D eigenvalue weighted by molar-refractivity contribution is 0.254. The van der Waals surface area contributed by atoms with Gasteiger partial charge in [-0.15, -0.1) is 5.10 Å². The van der Waals surface area contributed by atoms with Crippen LogP contribution >= 0.6 is 0 Å². The van der Waals surface area contributed by atoms with Gasteiger partial charge in [-0.05, 0) is 30.6 Å². The maximum atomic E-state index is 4.12. The predicted octanol–water partition coefficient (Wildman–Crippen LogP) is 3.91. The number of hydrogen-bond donors (Lipinski definition) is 0. The van der Waals surface area contributed by atoms with E-state index in [9.17, 15) is 0 Å². The second-order valence-corrected chi connectivity index (χ2v) is 5.79. The summed E-state index contributed by atoms with van der Waals surface area (Å²) in [7, 11) is 0. The van der Waals surface area contributed by atoms with Crippen molar-refractivity contribution in [2.45, 2.75) is 65.3 Å². The van der Waals surface area contributed by atoms with Crippen molar-refractivity contribution in [2.24, 2.45) is 17.8 Å². The van der Waals surface area contributed by atoms with E-state index in [1.165, 1.54) is 44.9 Å². The van der Waals surface area contributed by atoms with Crippen molar-refractivity contribution in [3.63, 3.8) is 0 Å². The Bertz CT molecular complexity index is 320. The number of aromatic nitrogens is 3. The number of rotatable bonds is 7. The third-order valence-electron chi connectivity index (χ3n) is 4.66. The van der Waals surface area contributed by atoms with Crippen molar-refractivity contribution >= 4 is 0 Å². The highest BCUT2D eigenvalue weighted by Crippen LogP contribution is 2.42. The molecule has 0 aromatic carbocycles. The van der Waals surface area contributed by atoms with Gasteiger partial charge in [0.2, 0.25) is 0 Å². The van der Waals surface area contributed by atoms with Gasteiger partial charge in [-0.25, -0.2) is 0 Å². The van der Waals surface area contributed by atoms with E-state index in [1.807, 2.05) is 10.9 Å². The van der Waals surface area contributed by atoms with Gasteiger partial charge in [0.15, 0.2) is 0 Å². The van der Waals surface area contributed by atoms with Gasteiger partial charge in [0.25, 0.3) is 0 Å². The number of nitrogens with zero attached hydrogens (tertiary/aromatic N) is 3. The molecule has 0 bridgehead atoms. The molecule has 0 aliphatic heterocycles. The van der Waals surface area contributed by atoms with E-state index in [1.54, 1.807) is 6.20 Å². The van der Waals surface area contributed by atoms with Crippen LogP contribution in [0.2, 0.25) is 0 Å². The van der Waals surface area contributed by atoms with E-state index in [0.29, 0.717) is 0 Å². The first-order chi connectivity index (χ1) is 8.85. The van der Waals surface area contributed by atoms with Crippen LogP contribution in [0.4, 0.5) is 0 Å². The molecule has 1 aliphatic carbocycles. The van der Waals surface area contributed by atoms with Gasteiger partial charge in [-0.3, -0.25) is 4.68 Å². The van der Waals surface area contributed by atoms with Gasteiger partial charge in [0.1, 0.15) is 0 Å². The van der Waals surface area contributed by atoms with Crippen LogP contribution in [-0.4, -0.2) is 15.0 Å². The van der Waals surface area contributed by atoms with Crippen LogP contribution in [0.1, 0.15) is 58.8 Å². The Morgan fingerprint density at radius 2 is 2.00 bits per heavy atom. The highest BCUT2D eigenvalue weighted by atomic mass is 15.4. The fourth-order valence-electron chi connectivity index (χ4n) is 3.72. The Balaban J connectivity index is 1.85. The van der Waals surface area contributed by atoms with Crippen molar-refractivity contribution < 1.29 is 0 Å². The van der Waals surface area contributed by atoms with Crippen molar-refractivity contribution in [2.75, 3.05) is 0 Å². The minimum atomic E-state index is 0.823. The topological polar surface area (TPSA) is 30.7 Å². The standard InChI is InChI=1S/C15H27N3/c1-3-5-6-7-13-8-9-14(15(13)4-2)12-18-11-10-16-17-18/h10-11,13-15H,3-9,12H2,1-2H3. The zero-order valence-electron chi connectivity index (χ0n) is 11.9. The molecular weight excluding hydrogens is 222 g/mol. The van der Waals surface area contributed by atoms with Crippen LogP contribution in [0, 0.1) is 17.8 Å². The maximum absolute atomic E-state index is 4.12. The van der Waals surface area contributed by atoms with E-state index in [-0.39, 0.29) is 0 Å². The average Bonchev–Trinajstić information content (AvgIpc) is 3.00. The Morgan fingerprint density at radius 1 is 1.17 bits per heavy atom. The zero-order valence-corrected chi connectivity index (χ0v) is 11.9. The molecule has 0 amide bonds. The van der Waals surface area contributed by atoms with Gasteiger partial charge >= 0.3 is 0 Å². The lowest BCUT2D eigenvalue weighted by atomic mass is 9.84. The lowest BCUT2D eigenvalue weighted by Gasteiger charge is -2.23. The molecule has 0 N–H and O–H groups in total. The smallest absolute Gasteiger partial charge is 0.0692 e. The van der Waals surface area contributed by atoms with E-state index in [4.69, 9.17) is 0 Å². The van der Waals surface area contributed by atoms with E-state index in [2.05, 4.69) is 24.2 Å². The Morgan fingerprint density at radius 3 is 2.67 bits per heavy atom. The highest BCUT2D eigenvalue weighted by molar-refractivity contribution is 4.84. The summed E-state index contributed by atoms with van der Waals surface area (Å²) in [6, 6.07) is 0. The average molecular weight is 249 g/mol. The van der Waals surface area contributed by atoms with E-state index in [0.717, 1.165) is 24.3 Å². The molecule has 102 valence electrons. The zero-order chi connectivity index (χ0) is 12.8. The normalized spacial score (nSPS) is 27.8. The van der Waals surface area contributed by atoms with Crippen molar-refractivity contribution in [3.8, 4) is 0 Å². The van der Waals surface area contributed by atoms with Crippen LogP contribution < -0.4 is 0 Å². The fraction of sp³-hybridized carbons (Fsp3) is 0.867. The summed E-state index contributed by atoms with van der Waals surface area (Å²) in [6.07, 6.45) is 13.5. The molecule has 1 fully saturated rings. The SMILES string of the molecule is CCCCCC1CCC(Cn2ccnn2)C1CC. The molecule has 3 heteroatoms. The molecular formula is C15H27N3. The first kappa shape index (κ1) is 13.6. The summed E-state index contributed by atoms with van der Waals surface area (Å²) in [5.74, 6) is 2.70. The monoisotopic (exact) mass is 249 g/mol. The highest BCUT2D eigenvalue weighted by Gasteiger charge is 2.34. The lowest BCUT2D eigenvalue weighted by Crippen LogP contribution is -2.19. The molecule has 1 saturated carbocycles. The second-order valence-electron chi connectivity index (χ2n) is 5.79. The predicted molar refractivity (Wildman–Crippen MR) is 74.2 cm³/mol. The largest absolute Gasteiger partial charge is 0.252 e. The Hall–Kier alpha value is -0.860. The summed E-state index contributed by atoms with van der Waals surface area (Å²) < 4.78 is 2.02. The molecule has 18 heavy (non-hydrogen) atoms. The van der Waals surface area contributed by atoms with Gasteiger partial charge in [0, 0.05) is 12.7 Å². The molecule has 1 heterocycles. The van der Waals surface area contributed by atoms with Crippen LogP contribution in [0.3, 0.4) is 0 Å². The minimum absolute atomic E-state index is 0.823. The van der Waals surface area contributed by atoms with Gasteiger partial charge in [-0.2, -0.15) is 0 Å². The van der Waals surface area contributed by atoms with Gasteiger partial charge < -0.3 is 0 Å². The quantitative estimate of drug-likeness (QED) is 0.686. The molecule has 0 saturated heterocycles. The summed E-state index contributed by atoms with van der Waals surface area (Å²) in [4.78, 5) is 0. The van der Waals surface area contributed by atoms with Crippen molar-refractivity contribution in [3.05, 3.63) is 12.4 Å². The van der Waals surface area contributed by atoms with Crippen LogP contribution in [0.5, 0.6) is 0 Å². The summed E-state index contributed by atoms with van der Waals surface area (Å²) >= 11 is 0. The summed E-state index contributed by atoms with van der Waals surface area (Å²) in [6.45, 7) is 5.72. The molecule has 3 nitrogen and oxygen atoms in total. The van der Waals surface area contributed by atoms with Crippen LogP contribution in [0.25, 0.3) is 0 Å². The van der Waals surface area contributed by atoms with E-state index < -0.39 is 0 Å². The summed E-state index contributed by atoms with van der Waals surface area (Å²) in [5.41, 5.74) is 0. The minimum Gasteiger partial charge on any atom is -0.252 e. The first-order valence-electron chi connectivity index (χ1n) is 7.69. The summed E-state index contributed by atoms with van der Waals surface area (Å²) in [5, 5.41) is 8.02. The third kappa shape index (κ3) is 3.33. The third-order valence-corrected chi connectivity index (χ3v) is 4.66. The van der Waals surface area contributed by atoms with Crippen molar-refractivity contribution in [1.29, 1.82) is 0 Å². The molecule has 0 radical (unpaired) electrons. The Labute approximate surface area is 111 Å². The molecule has 3 unspecified atom stereocenters. The fourth-order valence-corrected chi connectivity index (χ4v) is 3.72. The Kier molecular flexibility index (Phi) is 5.21. The van der Waals surface area contributed by atoms with Crippen LogP contribution in [0.15, 0.2) is 12.4 Å². The molecule has 1 aromatic heterocycles. The number of hydrogen-bond acceptors (Lipinski definition) is 2. The molecule has 3 atom stereocenters. The molecule has 2 rings (SSSR count). The molecule has 0 spiro atoms. The molecule has 1 aliphatic rings. The second kappa shape index (κ2) is 6.91. The van der Waals surface area contributed by atoms with Gasteiger partial charge in [-0.1, -0.05) is 51.2 Å². The van der Waals surface area contributed by atoms with Crippen LogP contribution in [-0.2, 0) is 6.54 Å². The maximum Gasteiger partial charge on any atom is 0.0692 e.